The minimum absolute atomic E-state index is 0.204. The summed E-state index contributed by atoms with van der Waals surface area (Å²) in [4.78, 5) is 24.4. The van der Waals surface area contributed by atoms with Crippen molar-refractivity contribution in [1.82, 2.24) is 10.9 Å². The molecule has 0 saturated heterocycles. The van der Waals surface area contributed by atoms with Gasteiger partial charge in [-0.05, 0) is 60.4 Å². The van der Waals surface area contributed by atoms with Gasteiger partial charge >= 0.3 is 0 Å². The summed E-state index contributed by atoms with van der Waals surface area (Å²) in [5.41, 5.74) is 10.00. The van der Waals surface area contributed by atoms with Crippen LogP contribution >= 0.6 is 0 Å². The van der Waals surface area contributed by atoms with E-state index in [0.717, 1.165) is 33.8 Å². The third-order valence-electron chi connectivity index (χ3n) is 5.46. The van der Waals surface area contributed by atoms with Crippen LogP contribution in [0.5, 0.6) is 11.5 Å². The van der Waals surface area contributed by atoms with E-state index in [1.807, 2.05) is 86.6 Å². The lowest BCUT2D eigenvalue weighted by Crippen LogP contribution is -2.21. The van der Waals surface area contributed by atoms with Gasteiger partial charge in [-0.3, -0.25) is 9.59 Å². The van der Waals surface area contributed by atoms with Gasteiger partial charge in [-0.15, -0.1) is 0 Å². The molecule has 0 spiro atoms. The fraction of sp³-hybridized carbons (Fsp3) is 0.214. The van der Waals surface area contributed by atoms with Crippen LogP contribution < -0.4 is 20.3 Å². The first-order valence-electron chi connectivity index (χ1n) is 11.4. The van der Waals surface area contributed by atoms with Crippen molar-refractivity contribution < 1.29 is 19.1 Å². The molecule has 3 rings (SSSR count). The molecule has 3 aromatic carbocycles. The summed E-state index contributed by atoms with van der Waals surface area (Å²) in [5.74, 6) is 1.08. The molecule has 36 heavy (non-hydrogen) atoms. The maximum Gasteiger partial charge on any atom is 0.244 e. The predicted octanol–water partition coefficient (Wildman–Crippen LogP) is 3.87. The molecule has 2 N–H and O–H groups in total. The molecular weight excluding hydrogens is 456 g/mol. The number of hydrazone groups is 2. The smallest absolute Gasteiger partial charge is 0.244 e. The topological polar surface area (TPSA) is 101 Å². The fourth-order valence-electron chi connectivity index (χ4n) is 3.31. The minimum atomic E-state index is -0.204. The average Bonchev–Trinajstić information content (AvgIpc) is 2.91. The van der Waals surface area contributed by atoms with Crippen molar-refractivity contribution in [2.45, 2.75) is 26.7 Å². The molecule has 0 atom stereocenters. The Kier molecular flexibility index (Phi) is 9.33. The van der Waals surface area contributed by atoms with Crippen molar-refractivity contribution >= 4 is 23.2 Å². The van der Waals surface area contributed by atoms with Crippen molar-refractivity contribution in [2.75, 3.05) is 14.2 Å². The maximum absolute atomic E-state index is 12.2. The zero-order valence-corrected chi connectivity index (χ0v) is 20.9. The fourth-order valence-corrected chi connectivity index (χ4v) is 3.31. The molecule has 0 aliphatic carbocycles. The molecule has 0 unspecified atom stereocenters. The molecule has 3 aromatic rings. The van der Waals surface area contributed by atoms with Crippen LogP contribution in [0, 0.1) is 0 Å². The van der Waals surface area contributed by atoms with Crippen molar-refractivity contribution in [1.29, 1.82) is 0 Å². The summed E-state index contributed by atoms with van der Waals surface area (Å²) < 4.78 is 10.3. The van der Waals surface area contributed by atoms with E-state index in [-0.39, 0.29) is 24.7 Å². The largest absolute Gasteiger partial charge is 0.497 e. The summed E-state index contributed by atoms with van der Waals surface area (Å²) in [6.07, 6.45) is 0.444. The molecule has 0 aliphatic heterocycles. The highest BCUT2D eigenvalue weighted by molar-refractivity contribution is 6.02. The Morgan fingerprint density at radius 3 is 1.25 bits per heavy atom. The van der Waals surface area contributed by atoms with Crippen LogP contribution in [0.3, 0.4) is 0 Å². The molecule has 0 aromatic heterocycles. The maximum atomic E-state index is 12.2. The number of carbonyl (C=O) groups is 2. The van der Waals surface area contributed by atoms with Crippen LogP contribution in [0.4, 0.5) is 0 Å². The molecule has 0 saturated carbocycles. The third-order valence-corrected chi connectivity index (χ3v) is 5.46. The number of amides is 2. The van der Waals surface area contributed by atoms with Gasteiger partial charge in [0.05, 0.1) is 38.5 Å². The second kappa shape index (κ2) is 12.9. The van der Waals surface area contributed by atoms with Crippen LogP contribution in [0.15, 0.2) is 83.0 Å². The van der Waals surface area contributed by atoms with Crippen LogP contribution in [-0.2, 0) is 22.4 Å². The number of ether oxygens (including phenoxy) is 2. The number of rotatable bonds is 10. The highest BCUT2D eigenvalue weighted by Crippen LogP contribution is 2.13. The first-order chi connectivity index (χ1) is 17.4. The number of hydrogen-bond acceptors (Lipinski definition) is 6. The average molecular weight is 487 g/mol. The minimum Gasteiger partial charge on any atom is -0.497 e. The second-order valence-electron chi connectivity index (χ2n) is 8.09. The van der Waals surface area contributed by atoms with Crippen LogP contribution in [0.1, 0.15) is 36.1 Å². The van der Waals surface area contributed by atoms with Crippen LogP contribution in [0.25, 0.3) is 0 Å². The SMILES string of the molecule is COc1ccc(CC(=O)N/N=C(/C)c2ccc(/C(C)=N\NC(=O)Cc3ccc(OC)cc3)cc2)cc1. The van der Waals surface area contributed by atoms with E-state index in [9.17, 15) is 9.59 Å². The number of benzene rings is 3. The van der Waals surface area contributed by atoms with E-state index >= 15 is 0 Å². The van der Waals surface area contributed by atoms with E-state index in [2.05, 4.69) is 21.1 Å². The Morgan fingerprint density at radius 2 is 0.944 bits per heavy atom. The van der Waals surface area contributed by atoms with E-state index in [1.54, 1.807) is 14.2 Å². The Bertz CT molecular complexity index is 1130. The quantitative estimate of drug-likeness (QED) is 0.336. The number of nitrogens with zero attached hydrogens (tertiary/aromatic N) is 2. The van der Waals surface area contributed by atoms with E-state index in [0.29, 0.717) is 11.4 Å². The predicted molar refractivity (Wildman–Crippen MR) is 141 cm³/mol. The standard InChI is InChI=1S/C28H30N4O4/c1-19(29-31-27(33)17-21-5-13-25(35-3)14-6-21)23-9-11-24(12-10-23)20(2)30-32-28(34)18-22-7-15-26(36-4)16-8-22/h5-16H,17-18H2,1-4H3,(H,31,33)(H,32,34)/b29-19-,30-20-. The van der Waals surface area contributed by atoms with Crippen molar-refractivity contribution in [3.63, 3.8) is 0 Å². The normalized spacial score (nSPS) is 11.6. The molecule has 0 fully saturated rings. The molecule has 186 valence electrons. The number of hydrogen-bond donors (Lipinski definition) is 2. The summed E-state index contributed by atoms with van der Waals surface area (Å²) >= 11 is 0. The lowest BCUT2D eigenvalue weighted by Gasteiger charge is -2.06. The Balaban J connectivity index is 1.51. The summed E-state index contributed by atoms with van der Waals surface area (Å²) in [5, 5.41) is 8.41. The molecule has 0 aliphatic rings. The third kappa shape index (κ3) is 7.80. The summed E-state index contributed by atoms with van der Waals surface area (Å²) in [7, 11) is 3.20. The highest BCUT2D eigenvalue weighted by Gasteiger charge is 2.06. The number of carbonyl (C=O) groups excluding carboxylic acids is 2. The van der Waals surface area contributed by atoms with Crippen LogP contribution in [0.2, 0.25) is 0 Å². The van der Waals surface area contributed by atoms with Gasteiger partial charge in [-0.25, -0.2) is 10.9 Å². The van der Waals surface area contributed by atoms with E-state index in [4.69, 9.17) is 9.47 Å². The van der Waals surface area contributed by atoms with E-state index in [1.165, 1.54) is 0 Å². The molecular formula is C28H30N4O4. The molecule has 8 heteroatoms. The first kappa shape index (κ1) is 26.2. The van der Waals surface area contributed by atoms with Gasteiger partial charge in [0.1, 0.15) is 11.5 Å². The Hall–Kier alpha value is -4.46. The van der Waals surface area contributed by atoms with Gasteiger partial charge in [-0.2, -0.15) is 10.2 Å². The van der Waals surface area contributed by atoms with Gasteiger partial charge in [0.2, 0.25) is 11.8 Å². The van der Waals surface area contributed by atoms with Crippen molar-refractivity contribution in [3.8, 4) is 11.5 Å². The van der Waals surface area contributed by atoms with Gasteiger partial charge in [-0.1, -0.05) is 48.5 Å². The molecule has 8 nitrogen and oxygen atoms in total. The summed E-state index contributed by atoms with van der Waals surface area (Å²) in [6, 6.07) is 22.2. The van der Waals surface area contributed by atoms with E-state index < -0.39 is 0 Å². The van der Waals surface area contributed by atoms with Crippen molar-refractivity contribution in [2.24, 2.45) is 10.2 Å². The van der Waals surface area contributed by atoms with Gasteiger partial charge < -0.3 is 9.47 Å². The monoisotopic (exact) mass is 486 g/mol. The highest BCUT2D eigenvalue weighted by atomic mass is 16.5. The zero-order valence-electron chi connectivity index (χ0n) is 20.9. The molecule has 2 amide bonds. The first-order valence-corrected chi connectivity index (χ1v) is 11.4. The van der Waals surface area contributed by atoms with Gasteiger partial charge in [0.15, 0.2) is 0 Å². The molecule has 0 radical (unpaired) electrons. The van der Waals surface area contributed by atoms with Crippen molar-refractivity contribution in [3.05, 3.63) is 95.1 Å². The number of nitrogens with one attached hydrogen (secondary N) is 2. The van der Waals surface area contributed by atoms with Gasteiger partial charge in [0, 0.05) is 0 Å². The molecule has 0 bridgehead atoms. The second-order valence-corrected chi connectivity index (χ2v) is 8.09. The van der Waals surface area contributed by atoms with Crippen LogP contribution in [-0.4, -0.2) is 37.5 Å². The van der Waals surface area contributed by atoms with Gasteiger partial charge in [0.25, 0.3) is 0 Å². The Morgan fingerprint density at radius 1 is 0.611 bits per heavy atom. The zero-order chi connectivity index (χ0) is 25.9. The molecule has 0 heterocycles. The summed E-state index contributed by atoms with van der Waals surface area (Å²) in [6.45, 7) is 3.64. The Labute approximate surface area is 211 Å². The number of methoxy groups -OCH3 is 2. The lowest BCUT2D eigenvalue weighted by atomic mass is 10.1. The lowest BCUT2D eigenvalue weighted by molar-refractivity contribution is -0.121.